The summed E-state index contributed by atoms with van der Waals surface area (Å²) in [4.78, 5) is 72.7. The van der Waals surface area contributed by atoms with E-state index in [1.54, 1.807) is 0 Å². The molecule has 0 amide bonds. The Morgan fingerprint density at radius 2 is 0.500 bits per heavy atom. The first-order chi connectivity index (χ1) is 45.7. The van der Waals surface area contributed by atoms with Crippen molar-refractivity contribution in [3.8, 4) is 0 Å². The average Bonchev–Trinajstić information content (AvgIpc) is 1.36. The molecule has 94 heavy (non-hydrogen) atoms. The number of hydrogen-bond donors (Lipinski definition) is 3. The molecule has 0 heterocycles. The summed E-state index contributed by atoms with van der Waals surface area (Å²) in [5.74, 6) is -2.17. The molecule has 0 rings (SSSR count). The molecule has 0 aromatic carbocycles. The number of aliphatic hydroxyl groups excluding tert-OH is 1. The molecule has 0 fully saturated rings. The van der Waals surface area contributed by atoms with Gasteiger partial charge in [-0.3, -0.25) is 37.3 Å². The van der Waals surface area contributed by atoms with Crippen molar-refractivity contribution in [1.29, 1.82) is 0 Å². The van der Waals surface area contributed by atoms with E-state index in [-0.39, 0.29) is 25.7 Å². The van der Waals surface area contributed by atoms with Crippen molar-refractivity contribution >= 4 is 39.5 Å². The van der Waals surface area contributed by atoms with Gasteiger partial charge in [0, 0.05) is 25.7 Å². The second-order valence-corrected chi connectivity index (χ2v) is 28.9. The SMILES string of the molecule is CCCC/C=C\CCCCCCCC(=O)OC(COC(=O)CCCCCCCCCCCCCCC)COP(=O)(O)OCC(O)COP(=O)(O)OCC(COC(=O)CCCCCCC/C=C\CCCCCCCC)OC(=O)CCCCCCC/C=C\CCCCCCCC. The highest BCUT2D eigenvalue weighted by molar-refractivity contribution is 7.47. The summed E-state index contributed by atoms with van der Waals surface area (Å²) in [6.07, 6.45) is 62.8. The van der Waals surface area contributed by atoms with Crippen LogP contribution in [0.2, 0.25) is 0 Å². The summed E-state index contributed by atoms with van der Waals surface area (Å²) in [7, 11) is -9.93. The summed E-state index contributed by atoms with van der Waals surface area (Å²) in [5, 5.41) is 10.6. The highest BCUT2D eigenvalue weighted by atomic mass is 31.2. The Balaban J connectivity index is 5.30. The highest BCUT2D eigenvalue weighted by Crippen LogP contribution is 2.45. The molecule has 0 aromatic rings. The molecule has 5 atom stereocenters. The van der Waals surface area contributed by atoms with Crippen LogP contribution in [0.25, 0.3) is 0 Å². The van der Waals surface area contributed by atoms with E-state index in [1.165, 1.54) is 148 Å². The smallest absolute Gasteiger partial charge is 0.462 e. The standard InChI is InChI=1S/C75H140O17P2/c1-5-9-13-17-21-25-29-32-34-37-41-44-48-52-56-60-73(78)86-66-71(92-75(80)62-58-54-50-46-42-38-35-33-30-26-22-18-14-10-6-2)68-90-94(83,84)88-64-69(76)63-87-93(81,82)89-67-70(91-74(79)61-57-53-49-45-39-28-24-20-16-12-8-4)65-85-72(77)59-55-51-47-43-40-36-31-27-23-19-15-11-7-3/h20,24,32-35,69-71,76H,5-19,21-23,25-31,36-68H2,1-4H3,(H,81,82)(H,83,84)/b24-20-,34-32-,35-33-. The molecule has 0 aromatic heterocycles. The van der Waals surface area contributed by atoms with E-state index < -0.39 is 97.5 Å². The van der Waals surface area contributed by atoms with Gasteiger partial charge in [0.25, 0.3) is 0 Å². The van der Waals surface area contributed by atoms with E-state index in [0.717, 1.165) is 135 Å². The Labute approximate surface area is 573 Å². The lowest BCUT2D eigenvalue weighted by atomic mass is 10.0. The van der Waals surface area contributed by atoms with Crippen LogP contribution < -0.4 is 0 Å². The maximum Gasteiger partial charge on any atom is 0.472 e. The van der Waals surface area contributed by atoms with E-state index in [2.05, 4.69) is 64.2 Å². The van der Waals surface area contributed by atoms with Gasteiger partial charge < -0.3 is 33.8 Å². The summed E-state index contributed by atoms with van der Waals surface area (Å²) in [6.45, 7) is 4.86. The van der Waals surface area contributed by atoms with Crippen LogP contribution in [0, 0.1) is 0 Å². The maximum absolute atomic E-state index is 13.1. The van der Waals surface area contributed by atoms with Crippen molar-refractivity contribution in [2.75, 3.05) is 39.6 Å². The lowest BCUT2D eigenvalue weighted by Gasteiger charge is -2.21. The van der Waals surface area contributed by atoms with Gasteiger partial charge in [-0.1, -0.05) is 276 Å². The first-order valence-corrected chi connectivity index (χ1v) is 41.2. The monoisotopic (exact) mass is 1370 g/mol. The third-order valence-corrected chi connectivity index (χ3v) is 18.5. The molecule has 0 aliphatic rings. The van der Waals surface area contributed by atoms with Gasteiger partial charge in [-0.05, 0) is 96.3 Å². The van der Waals surface area contributed by atoms with Crippen LogP contribution in [0.1, 0.15) is 362 Å². The van der Waals surface area contributed by atoms with Crippen molar-refractivity contribution in [3.63, 3.8) is 0 Å². The van der Waals surface area contributed by atoms with Crippen molar-refractivity contribution in [3.05, 3.63) is 36.5 Å². The minimum atomic E-state index is -4.97. The van der Waals surface area contributed by atoms with Gasteiger partial charge in [0.1, 0.15) is 19.3 Å². The van der Waals surface area contributed by atoms with Gasteiger partial charge in [0.2, 0.25) is 0 Å². The van der Waals surface area contributed by atoms with Gasteiger partial charge >= 0.3 is 39.5 Å². The number of phosphoric acid groups is 2. The molecule has 0 bridgehead atoms. The average molecular weight is 1380 g/mol. The van der Waals surface area contributed by atoms with Crippen molar-refractivity contribution in [1.82, 2.24) is 0 Å². The second-order valence-electron chi connectivity index (χ2n) is 25.9. The second kappa shape index (κ2) is 68.8. The van der Waals surface area contributed by atoms with E-state index in [9.17, 15) is 43.2 Å². The molecular weight excluding hydrogens is 1230 g/mol. The maximum atomic E-state index is 13.1. The predicted molar refractivity (Wildman–Crippen MR) is 381 cm³/mol. The van der Waals surface area contributed by atoms with Crippen LogP contribution >= 0.6 is 15.6 Å². The number of carbonyl (C=O) groups excluding carboxylic acids is 4. The lowest BCUT2D eigenvalue weighted by molar-refractivity contribution is -0.161. The summed E-state index contributed by atoms with van der Waals surface area (Å²) < 4.78 is 68.4. The largest absolute Gasteiger partial charge is 0.472 e. The molecule has 0 saturated carbocycles. The summed E-state index contributed by atoms with van der Waals surface area (Å²) in [6, 6.07) is 0. The molecule has 0 aliphatic heterocycles. The van der Waals surface area contributed by atoms with E-state index in [0.29, 0.717) is 25.7 Å². The lowest BCUT2D eigenvalue weighted by Crippen LogP contribution is -2.30. The Hall–Kier alpha value is -2.72. The predicted octanol–water partition coefficient (Wildman–Crippen LogP) is 21.6. The third kappa shape index (κ3) is 67.8. The number of ether oxygens (including phenoxy) is 4. The zero-order chi connectivity index (χ0) is 69.0. The van der Waals surface area contributed by atoms with Gasteiger partial charge in [0.15, 0.2) is 12.2 Å². The Bertz CT molecular complexity index is 1930. The van der Waals surface area contributed by atoms with Crippen LogP contribution in [0.4, 0.5) is 0 Å². The van der Waals surface area contributed by atoms with Gasteiger partial charge in [-0.2, -0.15) is 0 Å². The Kier molecular flexibility index (Phi) is 66.8. The van der Waals surface area contributed by atoms with Crippen LogP contribution in [-0.4, -0.2) is 96.7 Å². The first kappa shape index (κ1) is 91.3. The summed E-state index contributed by atoms with van der Waals surface area (Å²) in [5.41, 5.74) is 0. The topological polar surface area (TPSA) is 237 Å². The van der Waals surface area contributed by atoms with Crippen molar-refractivity contribution in [2.45, 2.75) is 380 Å². The number of aliphatic hydroxyl groups is 1. The van der Waals surface area contributed by atoms with Gasteiger partial charge in [-0.15, -0.1) is 0 Å². The molecule has 3 N–H and O–H groups in total. The molecule has 0 spiro atoms. The van der Waals surface area contributed by atoms with E-state index in [1.807, 2.05) is 0 Å². The van der Waals surface area contributed by atoms with Crippen LogP contribution in [-0.2, 0) is 65.4 Å². The quantitative estimate of drug-likeness (QED) is 0.0169. The molecule has 0 saturated heterocycles. The number of esters is 4. The van der Waals surface area contributed by atoms with Crippen molar-refractivity contribution in [2.24, 2.45) is 0 Å². The van der Waals surface area contributed by atoms with E-state index >= 15 is 0 Å². The zero-order valence-electron chi connectivity index (χ0n) is 60.2. The molecule has 552 valence electrons. The number of phosphoric ester groups is 2. The third-order valence-electron chi connectivity index (χ3n) is 16.6. The zero-order valence-corrected chi connectivity index (χ0v) is 61.9. The van der Waals surface area contributed by atoms with Gasteiger partial charge in [-0.25, -0.2) is 9.13 Å². The van der Waals surface area contributed by atoms with Gasteiger partial charge in [0.05, 0.1) is 26.4 Å². The molecule has 19 heteroatoms. The molecular formula is C75H140O17P2. The Morgan fingerprint density at radius 1 is 0.287 bits per heavy atom. The first-order valence-electron chi connectivity index (χ1n) is 38.2. The number of rotatable bonds is 73. The fourth-order valence-electron chi connectivity index (χ4n) is 10.7. The van der Waals surface area contributed by atoms with E-state index in [4.69, 9.17) is 37.0 Å². The molecule has 17 nitrogen and oxygen atoms in total. The molecule has 5 unspecified atom stereocenters. The summed E-state index contributed by atoms with van der Waals surface area (Å²) >= 11 is 0. The number of unbranched alkanes of at least 4 members (excludes halogenated alkanes) is 41. The van der Waals surface area contributed by atoms with Crippen LogP contribution in [0.15, 0.2) is 36.5 Å². The fourth-order valence-corrected chi connectivity index (χ4v) is 12.2. The van der Waals surface area contributed by atoms with Crippen molar-refractivity contribution < 1.29 is 80.2 Å². The molecule has 0 radical (unpaired) electrons. The minimum absolute atomic E-state index is 0.0896. The number of allylic oxidation sites excluding steroid dienone is 6. The Morgan fingerprint density at radius 3 is 0.766 bits per heavy atom. The van der Waals surface area contributed by atoms with Crippen LogP contribution in [0.3, 0.4) is 0 Å². The van der Waals surface area contributed by atoms with Crippen LogP contribution in [0.5, 0.6) is 0 Å². The normalized spacial score (nSPS) is 14.2. The highest BCUT2D eigenvalue weighted by Gasteiger charge is 2.30. The number of hydrogen-bond acceptors (Lipinski definition) is 15. The fraction of sp³-hybridized carbons (Fsp3) is 0.867. The minimum Gasteiger partial charge on any atom is -0.462 e. The molecule has 0 aliphatic carbocycles. The number of carbonyl (C=O) groups is 4.